The van der Waals surface area contributed by atoms with Crippen LogP contribution in [0.4, 0.5) is 0 Å². The molecule has 2 rings (SSSR count). The van der Waals surface area contributed by atoms with Crippen molar-refractivity contribution in [2.24, 2.45) is 5.73 Å². The van der Waals surface area contributed by atoms with Gasteiger partial charge in [0, 0.05) is 5.56 Å². The van der Waals surface area contributed by atoms with Crippen LogP contribution in [0.15, 0.2) is 48.5 Å². The van der Waals surface area contributed by atoms with Gasteiger partial charge in [0.1, 0.15) is 16.5 Å². The summed E-state index contributed by atoms with van der Waals surface area (Å²) in [5.74, 6) is 0.411. The van der Waals surface area contributed by atoms with E-state index in [-0.39, 0.29) is 11.5 Å². The number of nitriles is 1. The maximum atomic E-state index is 8.85. The Hall–Kier alpha value is -2.58. The van der Waals surface area contributed by atoms with E-state index in [1.165, 1.54) is 12.1 Å². The summed E-state index contributed by atoms with van der Waals surface area (Å²) >= 11 is 4.70. The molecule has 0 aliphatic carbocycles. The third kappa shape index (κ3) is 5.06. The van der Waals surface area contributed by atoms with Crippen LogP contribution in [-0.2, 0) is 0 Å². The van der Waals surface area contributed by atoms with Gasteiger partial charge < -0.3 is 15.9 Å². The molecule has 96 valence electrons. The highest BCUT2D eigenvalue weighted by molar-refractivity contribution is 7.80. The standard InChI is InChI=1S/C7H7NOS.C7H5NO/c8-7(10)5-1-3-6(9)4-2-5;8-5-6-1-3-7(9)4-2-6/h1-4,9H,(H2,8,10);1-4,9H. The van der Waals surface area contributed by atoms with E-state index in [2.05, 4.69) is 0 Å². The molecule has 2 aromatic carbocycles. The monoisotopic (exact) mass is 272 g/mol. The van der Waals surface area contributed by atoms with Gasteiger partial charge in [0.25, 0.3) is 0 Å². The molecule has 0 heterocycles. The molecule has 19 heavy (non-hydrogen) atoms. The second-order valence-electron chi connectivity index (χ2n) is 3.57. The van der Waals surface area contributed by atoms with Gasteiger partial charge in [0.15, 0.2) is 0 Å². The van der Waals surface area contributed by atoms with E-state index in [1.807, 2.05) is 6.07 Å². The Morgan fingerprint density at radius 1 is 0.947 bits per heavy atom. The quantitative estimate of drug-likeness (QED) is 0.693. The Morgan fingerprint density at radius 2 is 1.37 bits per heavy atom. The number of hydrogen-bond acceptors (Lipinski definition) is 4. The van der Waals surface area contributed by atoms with Gasteiger partial charge in [-0.3, -0.25) is 0 Å². The molecule has 0 amide bonds. The predicted molar refractivity (Wildman–Crippen MR) is 76.8 cm³/mol. The van der Waals surface area contributed by atoms with Crippen molar-refractivity contribution in [3.05, 3.63) is 59.7 Å². The maximum absolute atomic E-state index is 8.85. The van der Waals surface area contributed by atoms with Gasteiger partial charge >= 0.3 is 0 Å². The first-order valence-corrected chi connectivity index (χ1v) is 5.71. The molecule has 0 aliphatic heterocycles. The molecule has 0 spiro atoms. The fourth-order valence-electron chi connectivity index (χ4n) is 1.16. The van der Waals surface area contributed by atoms with Gasteiger partial charge in [0.2, 0.25) is 0 Å². The number of phenolic OH excluding ortho intramolecular Hbond substituents is 2. The smallest absolute Gasteiger partial charge is 0.115 e. The minimum absolute atomic E-state index is 0.189. The van der Waals surface area contributed by atoms with E-state index in [0.29, 0.717) is 10.6 Å². The van der Waals surface area contributed by atoms with Crippen molar-refractivity contribution in [1.82, 2.24) is 0 Å². The van der Waals surface area contributed by atoms with Crippen LogP contribution in [0.3, 0.4) is 0 Å². The van der Waals surface area contributed by atoms with Crippen LogP contribution in [0.2, 0.25) is 0 Å². The number of nitrogens with zero attached hydrogens (tertiary/aromatic N) is 1. The van der Waals surface area contributed by atoms with Crippen molar-refractivity contribution in [1.29, 1.82) is 5.26 Å². The van der Waals surface area contributed by atoms with E-state index >= 15 is 0 Å². The van der Waals surface area contributed by atoms with Crippen LogP contribution in [0.1, 0.15) is 11.1 Å². The van der Waals surface area contributed by atoms with Crippen molar-refractivity contribution in [2.45, 2.75) is 0 Å². The number of phenols is 2. The first-order chi connectivity index (χ1) is 9.02. The number of benzene rings is 2. The summed E-state index contributed by atoms with van der Waals surface area (Å²) in [5, 5.41) is 25.9. The van der Waals surface area contributed by atoms with Gasteiger partial charge in [-0.1, -0.05) is 12.2 Å². The molecule has 0 saturated heterocycles. The average molecular weight is 272 g/mol. The maximum Gasteiger partial charge on any atom is 0.115 e. The lowest BCUT2D eigenvalue weighted by Gasteiger charge is -1.95. The minimum Gasteiger partial charge on any atom is -0.508 e. The Kier molecular flexibility index (Phi) is 5.33. The lowest BCUT2D eigenvalue weighted by atomic mass is 10.2. The largest absolute Gasteiger partial charge is 0.508 e. The van der Waals surface area contributed by atoms with Gasteiger partial charge in [0.05, 0.1) is 11.6 Å². The highest BCUT2D eigenvalue weighted by atomic mass is 32.1. The summed E-state index contributed by atoms with van der Waals surface area (Å²) < 4.78 is 0. The Balaban J connectivity index is 0.000000191. The molecule has 0 unspecified atom stereocenters. The normalized spacial score (nSPS) is 8.79. The number of nitrogens with two attached hydrogens (primary N) is 1. The Labute approximate surface area is 116 Å². The van der Waals surface area contributed by atoms with Gasteiger partial charge in [-0.2, -0.15) is 5.26 Å². The summed E-state index contributed by atoms with van der Waals surface area (Å²) in [7, 11) is 0. The number of thiocarbonyl (C=S) groups is 1. The fourth-order valence-corrected chi connectivity index (χ4v) is 1.30. The van der Waals surface area contributed by atoms with Crippen LogP contribution in [-0.4, -0.2) is 15.2 Å². The van der Waals surface area contributed by atoms with E-state index in [0.717, 1.165) is 5.56 Å². The molecular weight excluding hydrogens is 260 g/mol. The Morgan fingerprint density at radius 3 is 1.74 bits per heavy atom. The van der Waals surface area contributed by atoms with E-state index in [9.17, 15) is 0 Å². The van der Waals surface area contributed by atoms with Crippen molar-refractivity contribution in [3.8, 4) is 17.6 Å². The lowest BCUT2D eigenvalue weighted by Crippen LogP contribution is -2.08. The second kappa shape index (κ2) is 6.99. The van der Waals surface area contributed by atoms with Gasteiger partial charge in [-0.25, -0.2) is 0 Å². The Bertz CT molecular complexity index is 586. The molecule has 0 radical (unpaired) electrons. The molecule has 0 saturated carbocycles. The summed E-state index contributed by atoms with van der Waals surface area (Å²) in [6, 6.07) is 14.5. The average Bonchev–Trinajstić information content (AvgIpc) is 2.41. The molecule has 2 aromatic rings. The van der Waals surface area contributed by atoms with E-state index in [4.69, 9.17) is 33.4 Å². The molecule has 5 heteroatoms. The van der Waals surface area contributed by atoms with Crippen molar-refractivity contribution in [3.63, 3.8) is 0 Å². The highest BCUT2D eigenvalue weighted by Gasteiger charge is 1.93. The van der Waals surface area contributed by atoms with Crippen LogP contribution >= 0.6 is 12.2 Å². The van der Waals surface area contributed by atoms with Crippen LogP contribution in [0, 0.1) is 11.3 Å². The molecule has 4 N–H and O–H groups in total. The van der Waals surface area contributed by atoms with Crippen LogP contribution in [0.5, 0.6) is 11.5 Å². The molecule has 0 bridgehead atoms. The zero-order chi connectivity index (χ0) is 14.3. The second-order valence-corrected chi connectivity index (χ2v) is 4.01. The first kappa shape index (κ1) is 14.5. The summed E-state index contributed by atoms with van der Waals surface area (Å²) in [6.45, 7) is 0. The number of aromatic hydroxyl groups is 2. The third-order valence-electron chi connectivity index (χ3n) is 2.15. The molecule has 0 aliphatic rings. The molecule has 4 nitrogen and oxygen atoms in total. The van der Waals surface area contributed by atoms with Crippen molar-refractivity contribution < 1.29 is 10.2 Å². The van der Waals surface area contributed by atoms with Crippen molar-refractivity contribution in [2.75, 3.05) is 0 Å². The van der Waals surface area contributed by atoms with Crippen LogP contribution in [0.25, 0.3) is 0 Å². The molecule has 0 aromatic heterocycles. The molecule has 0 fully saturated rings. The minimum atomic E-state index is 0.189. The highest BCUT2D eigenvalue weighted by Crippen LogP contribution is 2.09. The van der Waals surface area contributed by atoms with Gasteiger partial charge in [-0.05, 0) is 48.5 Å². The van der Waals surface area contributed by atoms with Crippen molar-refractivity contribution >= 4 is 17.2 Å². The fraction of sp³-hybridized carbons (Fsp3) is 0. The summed E-state index contributed by atoms with van der Waals surface area (Å²) in [4.78, 5) is 0.347. The van der Waals surface area contributed by atoms with E-state index < -0.39 is 0 Å². The third-order valence-corrected chi connectivity index (χ3v) is 2.38. The van der Waals surface area contributed by atoms with E-state index in [1.54, 1.807) is 36.4 Å². The zero-order valence-corrected chi connectivity index (χ0v) is 10.8. The number of rotatable bonds is 1. The van der Waals surface area contributed by atoms with Crippen LogP contribution < -0.4 is 5.73 Å². The topological polar surface area (TPSA) is 90.3 Å². The SMILES string of the molecule is N#Cc1ccc(O)cc1.NC(=S)c1ccc(O)cc1. The number of hydrogen-bond donors (Lipinski definition) is 3. The zero-order valence-electron chi connectivity index (χ0n) is 9.95. The summed E-state index contributed by atoms with van der Waals surface area (Å²) in [6.07, 6.45) is 0. The van der Waals surface area contributed by atoms with Gasteiger partial charge in [-0.15, -0.1) is 0 Å². The predicted octanol–water partition coefficient (Wildman–Crippen LogP) is 2.29. The lowest BCUT2D eigenvalue weighted by molar-refractivity contribution is 0.474. The summed E-state index contributed by atoms with van der Waals surface area (Å²) in [5.41, 5.74) is 6.65. The molecular formula is C14H12N2O2S. The first-order valence-electron chi connectivity index (χ1n) is 5.31. The molecule has 0 atom stereocenters.